The summed E-state index contributed by atoms with van der Waals surface area (Å²) in [6.07, 6.45) is 6.76. The van der Waals surface area contributed by atoms with Crippen LogP contribution in [0.3, 0.4) is 0 Å². The Morgan fingerprint density at radius 1 is 1.11 bits per heavy atom. The van der Waals surface area contributed by atoms with Crippen molar-refractivity contribution in [3.8, 4) is 5.75 Å². The summed E-state index contributed by atoms with van der Waals surface area (Å²) in [4.78, 5) is 0.241. The van der Waals surface area contributed by atoms with Crippen molar-refractivity contribution < 1.29 is 13.2 Å². The van der Waals surface area contributed by atoms with Gasteiger partial charge in [-0.05, 0) is 55.4 Å². The first-order valence-corrected chi connectivity index (χ1v) is 10.4. The summed E-state index contributed by atoms with van der Waals surface area (Å²) in [7, 11) is -2.14. The van der Waals surface area contributed by atoms with Gasteiger partial charge in [-0.2, -0.15) is 0 Å². The molecule has 5 nitrogen and oxygen atoms in total. The number of hydrogen-bond acceptors (Lipinski definition) is 4. The lowest BCUT2D eigenvalue weighted by Gasteiger charge is -2.23. The van der Waals surface area contributed by atoms with Gasteiger partial charge in [-0.1, -0.05) is 24.3 Å². The SMILES string of the molecule is COc1ccc(S(=O)(=O)n2cc(C3C=CNC(C)C3)c3ccccc32)cc1. The average molecular weight is 382 g/mol. The standard InChI is InChI=1S/C21H22N2O3S/c1-15-13-16(11-12-22-15)20-14-23(21-6-4-3-5-19(20)21)27(24,25)18-9-7-17(26-2)8-10-18/h3-12,14-16,22H,13H2,1-2H3. The zero-order valence-electron chi connectivity index (χ0n) is 15.3. The molecular formula is C21H22N2O3S. The number of nitrogens with one attached hydrogen (secondary N) is 1. The molecule has 6 heteroatoms. The zero-order valence-corrected chi connectivity index (χ0v) is 16.1. The molecule has 0 saturated carbocycles. The summed E-state index contributed by atoms with van der Waals surface area (Å²) in [5.74, 6) is 0.805. The largest absolute Gasteiger partial charge is 0.497 e. The molecule has 1 aliphatic heterocycles. The molecule has 2 aromatic carbocycles. The highest BCUT2D eigenvalue weighted by Crippen LogP contribution is 2.34. The first-order valence-electron chi connectivity index (χ1n) is 8.93. The third kappa shape index (κ3) is 3.10. The highest BCUT2D eigenvalue weighted by Gasteiger charge is 2.25. The van der Waals surface area contributed by atoms with E-state index in [4.69, 9.17) is 4.74 Å². The van der Waals surface area contributed by atoms with Crippen molar-refractivity contribution in [2.75, 3.05) is 7.11 Å². The number of ether oxygens (including phenoxy) is 1. The lowest BCUT2D eigenvalue weighted by atomic mass is 9.90. The van der Waals surface area contributed by atoms with Gasteiger partial charge in [0.15, 0.2) is 0 Å². The van der Waals surface area contributed by atoms with Gasteiger partial charge in [-0.25, -0.2) is 12.4 Å². The number of nitrogens with zero attached hydrogens (tertiary/aromatic N) is 1. The van der Waals surface area contributed by atoms with Crippen LogP contribution in [0.15, 0.2) is 71.9 Å². The minimum Gasteiger partial charge on any atom is -0.497 e. The molecular weight excluding hydrogens is 360 g/mol. The van der Waals surface area contributed by atoms with Crippen LogP contribution in [0.2, 0.25) is 0 Å². The second kappa shape index (κ2) is 6.78. The number of hydrogen-bond donors (Lipinski definition) is 1. The maximum Gasteiger partial charge on any atom is 0.268 e. The molecule has 2 atom stereocenters. The van der Waals surface area contributed by atoms with E-state index in [2.05, 4.69) is 18.3 Å². The van der Waals surface area contributed by atoms with E-state index in [1.165, 1.54) is 3.97 Å². The molecule has 1 aromatic heterocycles. The predicted molar refractivity (Wildman–Crippen MR) is 107 cm³/mol. The normalized spacial score (nSPS) is 19.8. The van der Waals surface area contributed by atoms with E-state index >= 15 is 0 Å². The van der Waals surface area contributed by atoms with Gasteiger partial charge in [0.2, 0.25) is 0 Å². The van der Waals surface area contributed by atoms with Gasteiger partial charge in [0.25, 0.3) is 10.0 Å². The minimum absolute atomic E-state index is 0.179. The Bertz CT molecular complexity index is 1100. The maximum atomic E-state index is 13.3. The Morgan fingerprint density at radius 3 is 2.56 bits per heavy atom. The average Bonchev–Trinajstić information content (AvgIpc) is 3.08. The molecule has 1 aliphatic rings. The molecule has 140 valence electrons. The van der Waals surface area contributed by atoms with E-state index in [-0.39, 0.29) is 10.8 Å². The molecule has 0 spiro atoms. The van der Waals surface area contributed by atoms with Gasteiger partial charge in [0, 0.05) is 23.5 Å². The fraction of sp³-hybridized carbons (Fsp3) is 0.238. The van der Waals surface area contributed by atoms with Crippen LogP contribution in [0.25, 0.3) is 10.9 Å². The summed E-state index contributed by atoms with van der Waals surface area (Å²) in [5.41, 5.74) is 1.73. The molecule has 0 bridgehead atoms. The Kier molecular flexibility index (Phi) is 4.44. The van der Waals surface area contributed by atoms with Crippen molar-refractivity contribution in [1.82, 2.24) is 9.29 Å². The fourth-order valence-electron chi connectivity index (χ4n) is 3.63. The number of fused-ring (bicyclic) bond motifs is 1. The van der Waals surface area contributed by atoms with E-state index in [0.717, 1.165) is 17.4 Å². The number of methoxy groups -OCH3 is 1. The third-order valence-electron chi connectivity index (χ3n) is 5.04. The van der Waals surface area contributed by atoms with E-state index < -0.39 is 10.0 Å². The van der Waals surface area contributed by atoms with Crippen LogP contribution in [-0.2, 0) is 10.0 Å². The molecule has 0 saturated heterocycles. The topological polar surface area (TPSA) is 60.3 Å². The number of rotatable bonds is 4. The van der Waals surface area contributed by atoms with Crippen LogP contribution in [0.1, 0.15) is 24.8 Å². The molecule has 4 rings (SSSR count). The van der Waals surface area contributed by atoms with E-state index in [1.54, 1.807) is 37.6 Å². The summed E-state index contributed by atoms with van der Waals surface area (Å²) in [6, 6.07) is 14.5. The predicted octanol–water partition coefficient (Wildman–Crippen LogP) is 3.87. The Morgan fingerprint density at radius 2 is 1.85 bits per heavy atom. The van der Waals surface area contributed by atoms with Crippen LogP contribution in [0, 0.1) is 0 Å². The molecule has 3 aromatic rings. The third-order valence-corrected chi connectivity index (χ3v) is 6.73. The van der Waals surface area contributed by atoms with Crippen molar-refractivity contribution in [3.63, 3.8) is 0 Å². The van der Waals surface area contributed by atoms with Crippen LogP contribution in [0.4, 0.5) is 0 Å². The Hall–Kier alpha value is -2.73. The van der Waals surface area contributed by atoms with Crippen LogP contribution in [-0.4, -0.2) is 25.5 Å². The number of para-hydroxylation sites is 1. The van der Waals surface area contributed by atoms with E-state index in [9.17, 15) is 8.42 Å². The quantitative estimate of drug-likeness (QED) is 0.744. The molecule has 0 aliphatic carbocycles. The molecule has 2 unspecified atom stereocenters. The highest BCUT2D eigenvalue weighted by molar-refractivity contribution is 7.90. The first-order chi connectivity index (χ1) is 13.0. The number of aromatic nitrogens is 1. The van der Waals surface area contributed by atoms with Gasteiger partial charge in [0.1, 0.15) is 5.75 Å². The smallest absolute Gasteiger partial charge is 0.268 e. The van der Waals surface area contributed by atoms with Crippen LogP contribution >= 0.6 is 0 Å². The van der Waals surface area contributed by atoms with Crippen molar-refractivity contribution in [2.24, 2.45) is 0 Å². The van der Waals surface area contributed by atoms with Crippen LogP contribution < -0.4 is 10.1 Å². The second-order valence-corrected chi connectivity index (χ2v) is 8.66. The molecule has 27 heavy (non-hydrogen) atoms. The summed E-state index contributed by atoms with van der Waals surface area (Å²) >= 11 is 0. The van der Waals surface area contributed by atoms with Crippen molar-refractivity contribution >= 4 is 20.9 Å². The summed E-state index contributed by atoms with van der Waals surface area (Å²) < 4.78 is 33.1. The van der Waals surface area contributed by atoms with Gasteiger partial charge < -0.3 is 10.1 Å². The van der Waals surface area contributed by atoms with Crippen LogP contribution in [0.5, 0.6) is 5.75 Å². The molecule has 0 amide bonds. The monoisotopic (exact) mass is 382 g/mol. The van der Waals surface area contributed by atoms with Gasteiger partial charge in [-0.15, -0.1) is 0 Å². The molecule has 2 heterocycles. The highest BCUT2D eigenvalue weighted by atomic mass is 32.2. The van der Waals surface area contributed by atoms with Gasteiger partial charge >= 0.3 is 0 Å². The minimum atomic E-state index is -3.70. The zero-order chi connectivity index (χ0) is 19.0. The van der Waals surface area contributed by atoms with Gasteiger partial charge in [0.05, 0.1) is 17.5 Å². The lowest BCUT2D eigenvalue weighted by molar-refractivity contribution is 0.414. The lowest BCUT2D eigenvalue weighted by Crippen LogP contribution is -2.26. The van der Waals surface area contributed by atoms with Crippen molar-refractivity contribution in [1.29, 1.82) is 0 Å². The Balaban J connectivity index is 1.86. The Labute approximate surface area is 159 Å². The van der Waals surface area contributed by atoms with E-state index in [1.807, 2.05) is 30.5 Å². The van der Waals surface area contributed by atoms with Gasteiger partial charge in [-0.3, -0.25) is 0 Å². The van der Waals surface area contributed by atoms with Crippen molar-refractivity contribution in [3.05, 3.63) is 72.6 Å². The first kappa shape index (κ1) is 17.7. The second-order valence-electron chi connectivity index (χ2n) is 6.85. The van der Waals surface area contributed by atoms with E-state index in [0.29, 0.717) is 17.3 Å². The molecule has 1 N–H and O–H groups in total. The summed E-state index contributed by atoms with van der Waals surface area (Å²) in [6.45, 7) is 2.13. The maximum absolute atomic E-state index is 13.3. The fourth-order valence-corrected chi connectivity index (χ4v) is 5.00. The number of allylic oxidation sites excluding steroid dienone is 1. The number of benzene rings is 2. The molecule has 0 radical (unpaired) electrons. The molecule has 0 fully saturated rings. The van der Waals surface area contributed by atoms with Crippen molar-refractivity contribution in [2.45, 2.75) is 30.2 Å². The summed E-state index contributed by atoms with van der Waals surface area (Å²) in [5, 5.41) is 4.26.